The van der Waals surface area contributed by atoms with Gasteiger partial charge in [-0.15, -0.1) is 0 Å². The lowest BCUT2D eigenvalue weighted by molar-refractivity contribution is -0.149. The Balaban J connectivity index is 2.28. The highest BCUT2D eigenvalue weighted by atomic mass is 79.9. The molecule has 0 saturated carbocycles. The number of fused-ring (bicyclic) bond motifs is 1. The van der Waals surface area contributed by atoms with Gasteiger partial charge in [-0.2, -0.15) is 0 Å². The molecule has 1 heterocycles. The molecule has 0 amide bonds. The van der Waals surface area contributed by atoms with Gasteiger partial charge in [0.1, 0.15) is 6.54 Å². The van der Waals surface area contributed by atoms with Gasteiger partial charge >= 0.3 is 10.8 Å². The molecule has 0 saturated heterocycles. The molecule has 6 heteroatoms. The molecule has 4 nitrogen and oxygen atoms in total. The van der Waals surface area contributed by atoms with Crippen LogP contribution in [0.15, 0.2) is 27.5 Å². The van der Waals surface area contributed by atoms with E-state index in [1.54, 1.807) is 0 Å². The second kappa shape index (κ2) is 5.88. The van der Waals surface area contributed by atoms with Crippen molar-refractivity contribution in [3.8, 4) is 0 Å². The molecule has 2 aromatic rings. The lowest BCUT2D eigenvalue weighted by Gasteiger charge is -2.11. The largest absolute Gasteiger partial charge is 0.461 e. The predicted octanol–water partition coefficient (Wildman–Crippen LogP) is 3.17. The first kappa shape index (κ1) is 14.3. The molecule has 1 atom stereocenters. The number of esters is 1. The van der Waals surface area contributed by atoms with E-state index >= 15 is 0 Å². The number of halogens is 1. The van der Waals surface area contributed by atoms with E-state index in [2.05, 4.69) is 15.9 Å². The minimum absolute atomic E-state index is 0.0369. The summed E-state index contributed by atoms with van der Waals surface area (Å²) >= 11 is 4.49. The average molecular weight is 344 g/mol. The normalized spacial score (nSPS) is 12.6. The SMILES string of the molecule is CC[C@@H](C)OC(=O)Cn1c(=O)sc2cc(Br)ccc21. The average Bonchev–Trinajstić information content (AvgIpc) is 2.64. The number of nitrogens with zero attached hydrogens (tertiary/aromatic N) is 1. The van der Waals surface area contributed by atoms with Crippen molar-refractivity contribution in [2.45, 2.75) is 32.9 Å². The minimum Gasteiger partial charge on any atom is -0.461 e. The van der Waals surface area contributed by atoms with Crippen LogP contribution in [0.1, 0.15) is 20.3 Å². The Morgan fingerprint density at radius 1 is 1.53 bits per heavy atom. The lowest BCUT2D eigenvalue weighted by atomic mass is 10.3. The standard InChI is InChI=1S/C13H14BrNO3S/c1-3-8(2)18-12(16)7-15-10-5-4-9(14)6-11(10)19-13(15)17/h4-6,8H,3,7H2,1-2H3/t8-/m1/s1. The van der Waals surface area contributed by atoms with Crippen LogP contribution in [0, 0.1) is 0 Å². The first-order valence-corrected chi connectivity index (χ1v) is 7.60. The highest BCUT2D eigenvalue weighted by Crippen LogP contribution is 2.22. The molecule has 0 spiro atoms. The van der Waals surface area contributed by atoms with Crippen molar-refractivity contribution in [3.63, 3.8) is 0 Å². The van der Waals surface area contributed by atoms with Crippen molar-refractivity contribution >= 4 is 43.5 Å². The third-order valence-electron chi connectivity index (χ3n) is 2.83. The minimum atomic E-state index is -0.376. The highest BCUT2D eigenvalue weighted by molar-refractivity contribution is 9.10. The smallest absolute Gasteiger partial charge is 0.326 e. The number of benzene rings is 1. The summed E-state index contributed by atoms with van der Waals surface area (Å²) in [6.07, 6.45) is 0.639. The van der Waals surface area contributed by atoms with Gasteiger partial charge in [-0.3, -0.25) is 14.2 Å². The Labute approximate surface area is 123 Å². The summed E-state index contributed by atoms with van der Waals surface area (Å²) in [5.41, 5.74) is 0.763. The van der Waals surface area contributed by atoms with E-state index in [0.717, 1.165) is 32.4 Å². The van der Waals surface area contributed by atoms with Gasteiger partial charge in [0.15, 0.2) is 0 Å². The van der Waals surface area contributed by atoms with Crippen LogP contribution < -0.4 is 4.87 Å². The summed E-state index contributed by atoms with van der Waals surface area (Å²) in [5.74, 6) is -0.376. The maximum Gasteiger partial charge on any atom is 0.326 e. The second-order valence-electron chi connectivity index (χ2n) is 4.27. The van der Waals surface area contributed by atoms with E-state index in [4.69, 9.17) is 4.74 Å². The van der Waals surface area contributed by atoms with Crippen molar-refractivity contribution in [3.05, 3.63) is 32.3 Å². The van der Waals surface area contributed by atoms with Gasteiger partial charge < -0.3 is 4.74 Å². The molecule has 0 bridgehead atoms. The summed E-state index contributed by atoms with van der Waals surface area (Å²) in [5, 5.41) is 0. The molecule has 0 aliphatic rings. The van der Waals surface area contributed by atoms with Gasteiger partial charge in [0.05, 0.1) is 16.3 Å². The van der Waals surface area contributed by atoms with Gasteiger partial charge in [-0.1, -0.05) is 34.2 Å². The van der Waals surface area contributed by atoms with Gasteiger partial charge in [-0.05, 0) is 31.5 Å². The first-order valence-electron chi connectivity index (χ1n) is 5.99. The zero-order valence-corrected chi connectivity index (χ0v) is 13.1. The van der Waals surface area contributed by atoms with Crippen molar-refractivity contribution in [1.29, 1.82) is 0 Å². The number of thiazole rings is 1. The van der Waals surface area contributed by atoms with Crippen LogP contribution in [-0.4, -0.2) is 16.6 Å². The summed E-state index contributed by atoms with van der Waals surface area (Å²) in [4.78, 5) is 23.5. The number of carbonyl (C=O) groups excluding carboxylic acids is 1. The summed E-state index contributed by atoms with van der Waals surface area (Å²) < 4.78 is 8.42. The number of rotatable bonds is 4. The summed E-state index contributed by atoms with van der Waals surface area (Å²) in [7, 11) is 0. The van der Waals surface area contributed by atoms with Crippen LogP contribution in [0.4, 0.5) is 0 Å². The van der Waals surface area contributed by atoms with Crippen molar-refractivity contribution in [2.75, 3.05) is 0 Å². The Kier molecular flexibility index (Phi) is 4.42. The Morgan fingerprint density at radius 2 is 2.26 bits per heavy atom. The van der Waals surface area contributed by atoms with Crippen molar-refractivity contribution in [2.24, 2.45) is 0 Å². The molecule has 0 fully saturated rings. The third kappa shape index (κ3) is 3.25. The van der Waals surface area contributed by atoms with Crippen LogP contribution in [0.2, 0.25) is 0 Å². The number of ether oxygens (including phenoxy) is 1. The van der Waals surface area contributed by atoms with Crippen LogP contribution in [0.5, 0.6) is 0 Å². The van der Waals surface area contributed by atoms with Gasteiger partial charge in [0.25, 0.3) is 0 Å². The van der Waals surface area contributed by atoms with Crippen molar-refractivity contribution in [1.82, 2.24) is 4.57 Å². The van der Waals surface area contributed by atoms with E-state index in [1.165, 1.54) is 4.57 Å². The van der Waals surface area contributed by atoms with Gasteiger partial charge in [-0.25, -0.2) is 0 Å². The monoisotopic (exact) mass is 343 g/mol. The van der Waals surface area contributed by atoms with Gasteiger partial charge in [0, 0.05) is 4.47 Å². The Morgan fingerprint density at radius 3 is 2.95 bits per heavy atom. The predicted molar refractivity (Wildman–Crippen MR) is 79.6 cm³/mol. The van der Waals surface area contributed by atoms with Crippen molar-refractivity contribution < 1.29 is 9.53 Å². The molecule has 0 aliphatic carbocycles. The van der Waals surface area contributed by atoms with E-state index in [-0.39, 0.29) is 23.5 Å². The zero-order chi connectivity index (χ0) is 14.0. The molecule has 0 N–H and O–H groups in total. The summed E-state index contributed by atoms with van der Waals surface area (Å²) in [6, 6.07) is 5.55. The fraction of sp³-hybridized carbons (Fsp3) is 0.385. The number of carbonyl (C=O) groups is 1. The quantitative estimate of drug-likeness (QED) is 0.801. The molecular weight excluding hydrogens is 330 g/mol. The lowest BCUT2D eigenvalue weighted by Crippen LogP contribution is -2.23. The van der Waals surface area contributed by atoms with Crippen LogP contribution in [-0.2, 0) is 16.1 Å². The van der Waals surface area contributed by atoms with Gasteiger partial charge in [0.2, 0.25) is 0 Å². The van der Waals surface area contributed by atoms with Crippen LogP contribution in [0.25, 0.3) is 10.2 Å². The summed E-state index contributed by atoms with van der Waals surface area (Å²) in [6.45, 7) is 3.75. The van der Waals surface area contributed by atoms with E-state index in [1.807, 2.05) is 32.0 Å². The Hall–Kier alpha value is -1.14. The molecule has 19 heavy (non-hydrogen) atoms. The topological polar surface area (TPSA) is 48.3 Å². The molecule has 2 rings (SSSR count). The third-order valence-corrected chi connectivity index (χ3v) is 4.26. The number of hydrogen-bond acceptors (Lipinski definition) is 4. The first-order chi connectivity index (χ1) is 9.01. The fourth-order valence-electron chi connectivity index (χ4n) is 1.66. The molecule has 1 aromatic heterocycles. The Bertz CT molecular complexity index is 661. The highest BCUT2D eigenvalue weighted by Gasteiger charge is 2.14. The molecule has 0 aliphatic heterocycles. The molecule has 102 valence electrons. The zero-order valence-electron chi connectivity index (χ0n) is 10.7. The maximum absolute atomic E-state index is 11.9. The van der Waals surface area contributed by atoms with E-state index in [0.29, 0.717) is 0 Å². The van der Waals surface area contributed by atoms with E-state index < -0.39 is 0 Å². The van der Waals surface area contributed by atoms with Crippen LogP contribution in [0.3, 0.4) is 0 Å². The maximum atomic E-state index is 11.9. The number of hydrogen-bond donors (Lipinski definition) is 0. The van der Waals surface area contributed by atoms with E-state index in [9.17, 15) is 9.59 Å². The fourth-order valence-corrected chi connectivity index (χ4v) is 3.11. The molecule has 0 unspecified atom stereocenters. The molecule has 0 radical (unpaired) electrons. The number of aromatic nitrogens is 1. The molecular formula is C13H14BrNO3S. The second-order valence-corrected chi connectivity index (χ2v) is 6.18. The van der Waals surface area contributed by atoms with Crippen LogP contribution >= 0.6 is 27.3 Å². The molecule has 1 aromatic carbocycles.